The minimum absolute atomic E-state index is 0.0899. The van der Waals surface area contributed by atoms with Gasteiger partial charge in [0.25, 0.3) is 11.5 Å². The van der Waals surface area contributed by atoms with E-state index in [0.29, 0.717) is 43.0 Å². The van der Waals surface area contributed by atoms with Crippen LogP contribution in [0.1, 0.15) is 34.3 Å². The Morgan fingerprint density at radius 3 is 2.48 bits per heavy atom. The smallest absolute Gasteiger partial charge is 0.336 e. The van der Waals surface area contributed by atoms with Crippen LogP contribution in [0.15, 0.2) is 23.0 Å². The highest BCUT2D eigenvalue weighted by atomic mass is 32.2. The molecule has 4 rings (SSSR count). The van der Waals surface area contributed by atoms with Crippen molar-refractivity contribution >= 4 is 28.6 Å². The summed E-state index contributed by atoms with van der Waals surface area (Å²) in [7, 11) is 0. The number of pyridine rings is 1. The molecule has 0 saturated carbocycles. The highest BCUT2D eigenvalue weighted by Gasteiger charge is 2.56. The number of amides is 1. The van der Waals surface area contributed by atoms with Crippen molar-refractivity contribution in [3.05, 3.63) is 45.2 Å². The third kappa shape index (κ3) is 5.03. The molecule has 0 bridgehead atoms. The Labute approximate surface area is 191 Å². The first-order chi connectivity index (χ1) is 15.6. The van der Waals surface area contributed by atoms with Crippen LogP contribution in [0, 0.1) is 0 Å². The number of aromatic amines is 1. The lowest BCUT2D eigenvalue weighted by molar-refractivity contribution is -0.284. The molecule has 11 heteroatoms. The maximum absolute atomic E-state index is 13.1. The van der Waals surface area contributed by atoms with Crippen LogP contribution in [0.2, 0.25) is 0 Å². The van der Waals surface area contributed by atoms with E-state index < -0.39 is 18.5 Å². The molecule has 5 nitrogen and oxygen atoms in total. The van der Waals surface area contributed by atoms with Gasteiger partial charge >= 0.3 is 12.1 Å². The van der Waals surface area contributed by atoms with Crippen LogP contribution in [0.25, 0.3) is 10.9 Å². The van der Waals surface area contributed by atoms with Gasteiger partial charge < -0.3 is 9.88 Å². The van der Waals surface area contributed by atoms with Gasteiger partial charge in [0.2, 0.25) is 0 Å². The Hall–Kier alpha value is -2.14. The van der Waals surface area contributed by atoms with Gasteiger partial charge in [-0.15, -0.1) is 0 Å². The fourth-order valence-electron chi connectivity index (χ4n) is 4.34. The quantitative estimate of drug-likeness (QED) is 0.644. The molecule has 0 radical (unpaired) electrons. The topological polar surface area (TPSA) is 56.4 Å². The van der Waals surface area contributed by atoms with Crippen LogP contribution in [-0.4, -0.2) is 71.3 Å². The number of nitrogens with one attached hydrogen (secondary N) is 1. The van der Waals surface area contributed by atoms with Gasteiger partial charge in [-0.2, -0.15) is 33.7 Å². The molecule has 2 aromatic rings. The molecule has 1 aromatic carbocycles. The molecule has 1 amide bonds. The fourth-order valence-corrected chi connectivity index (χ4v) is 5.35. The van der Waals surface area contributed by atoms with Crippen LogP contribution < -0.4 is 5.56 Å². The van der Waals surface area contributed by atoms with Crippen LogP contribution in [0.5, 0.6) is 0 Å². The number of halogens is 5. The number of benzene rings is 1. The first-order valence-electron chi connectivity index (χ1n) is 10.8. The molecule has 0 spiro atoms. The number of alkyl halides is 5. The van der Waals surface area contributed by atoms with Gasteiger partial charge in [-0.05, 0) is 48.9 Å². The standard InChI is InChI=1S/C22H24F5N3O2S/c23-21(24,22(25,26)27)5-1-6-29-7-9-30(10-8-29)20(32)14-2-3-18-16(12-14)15-4-11-33-13-17(15)19(31)28-18/h2-3,12H,1,4-11,13H2,(H,28,31). The lowest BCUT2D eigenvalue weighted by Gasteiger charge is -2.35. The molecule has 1 fully saturated rings. The number of carbonyl (C=O) groups is 1. The van der Waals surface area contributed by atoms with E-state index in [9.17, 15) is 31.5 Å². The van der Waals surface area contributed by atoms with Gasteiger partial charge in [0.15, 0.2) is 0 Å². The van der Waals surface area contributed by atoms with Gasteiger partial charge in [0.05, 0.1) is 0 Å². The highest BCUT2D eigenvalue weighted by molar-refractivity contribution is 7.98. The van der Waals surface area contributed by atoms with Gasteiger partial charge in [0, 0.05) is 60.4 Å². The zero-order valence-corrected chi connectivity index (χ0v) is 18.6. The summed E-state index contributed by atoms with van der Waals surface area (Å²) in [5.41, 5.74) is 2.86. The van der Waals surface area contributed by atoms with Crippen molar-refractivity contribution in [2.24, 2.45) is 0 Å². The molecule has 1 N–H and O–H groups in total. The summed E-state index contributed by atoms with van der Waals surface area (Å²) in [5, 5.41) is 0.875. The van der Waals surface area contributed by atoms with E-state index in [-0.39, 0.29) is 24.4 Å². The zero-order valence-electron chi connectivity index (χ0n) is 17.8. The first-order valence-corrected chi connectivity index (χ1v) is 11.9. The number of aryl methyl sites for hydroxylation is 1. The second-order valence-corrected chi connectivity index (χ2v) is 9.52. The Morgan fingerprint density at radius 2 is 1.79 bits per heavy atom. The SMILES string of the molecule is O=C(c1ccc2[nH]c(=O)c3c(c2c1)CCSC3)N1CCN(CCCC(F)(F)C(F)(F)F)CC1. The average Bonchev–Trinajstić information content (AvgIpc) is 2.78. The van der Waals surface area contributed by atoms with Crippen LogP contribution >= 0.6 is 11.8 Å². The second-order valence-electron chi connectivity index (χ2n) is 8.41. The van der Waals surface area contributed by atoms with E-state index in [1.165, 1.54) is 0 Å². The molecule has 180 valence electrons. The van der Waals surface area contributed by atoms with Crippen molar-refractivity contribution in [3.8, 4) is 0 Å². The lowest BCUT2D eigenvalue weighted by Crippen LogP contribution is -2.49. The molecule has 0 aliphatic carbocycles. The number of H-pyrrole nitrogens is 1. The first kappa shape index (κ1) is 24.0. The van der Waals surface area contributed by atoms with E-state index in [1.54, 1.807) is 33.7 Å². The number of carbonyl (C=O) groups excluding carboxylic acids is 1. The number of nitrogens with zero attached hydrogens (tertiary/aromatic N) is 2. The van der Waals surface area contributed by atoms with Crippen molar-refractivity contribution in [1.29, 1.82) is 0 Å². The van der Waals surface area contributed by atoms with Crippen LogP contribution in [0.3, 0.4) is 0 Å². The third-order valence-corrected chi connectivity index (χ3v) is 7.25. The van der Waals surface area contributed by atoms with Crippen molar-refractivity contribution in [2.45, 2.75) is 37.1 Å². The van der Waals surface area contributed by atoms with E-state index in [0.717, 1.165) is 28.7 Å². The van der Waals surface area contributed by atoms with Crippen molar-refractivity contribution in [1.82, 2.24) is 14.8 Å². The summed E-state index contributed by atoms with van der Waals surface area (Å²) < 4.78 is 63.0. The number of hydrogen-bond acceptors (Lipinski definition) is 4. The van der Waals surface area contributed by atoms with Gasteiger partial charge in [-0.1, -0.05) is 0 Å². The summed E-state index contributed by atoms with van der Waals surface area (Å²) in [5.74, 6) is -3.27. The molecule has 2 aliphatic rings. The lowest BCUT2D eigenvalue weighted by atomic mass is 9.99. The molecule has 3 heterocycles. The summed E-state index contributed by atoms with van der Waals surface area (Å²) in [6.45, 7) is 1.69. The molecule has 2 aliphatic heterocycles. The van der Waals surface area contributed by atoms with E-state index in [2.05, 4.69) is 4.98 Å². The molecule has 0 unspecified atom stereocenters. The predicted octanol–water partition coefficient (Wildman–Crippen LogP) is 4.05. The zero-order chi connectivity index (χ0) is 23.8. The van der Waals surface area contributed by atoms with Crippen LogP contribution in [-0.2, 0) is 12.2 Å². The normalized spacial score (nSPS) is 17.9. The van der Waals surface area contributed by atoms with Gasteiger partial charge in [-0.25, -0.2) is 0 Å². The maximum Gasteiger partial charge on any atom is 0.453 e. The number of thioether (sulfide) groups is 1. The largest absolute Gasteiger partial charge is 0.453 e. The molecule has 33 heavy (non-hydrogen) atoms. The molecular formula is C22H24F5N3O2S. The molecular weight excluding hydrogens is 465 g/mol. The number of piperazine rings is 1. The number of rotatable bonds is 5. The fraction of sp³-hybridized carbons (Fsp3) is 0.545. The minimum Gasteiger partial charge on any atom is -0.336 e. The van der Waals surface area contributed by atoms with E-state index in [4.69, 9.17) is 0 Å². The summed E-state index contributed by atoms with van der Waals surface area (Å²) >= 11 is 1.70. The summed E-state index contributed by atoms with van der Waals surface area (Å²) in [6, 6.07) is 5.23. The Bertz CT molecular complexity index is 1090. The third-order valence-electron chi connectivity index (χ3n) is 6.26. The summed E-state index contributed by atoms with van der Waals surface area (Å²) in [6.07, 6.45) is -6.27. The Kier molecular flexibility index (Phi) is 6.73. The van der Waals surface area contributed by atoms with Crippen LogP contribution in [0.4, 0.5) is 22.0 Å². The average molecular weight is 490 g/mol. The van der Waals surface area contributed by atoms with Crippen molar-refractivity contribution in [3.63, 3.8) is 0 Å². The number of hydrogen-bond donors (Lipinski definition) is 1. The number of fused-ring (bicyclic) bond motifs is 3. The second kappa shape index (κ2) is 9.25. The highest BCUT2D eigenvalue weighted by Crippen LogP contribution is 2.38. The van der Waals surface area contributed by atoms with Crippen molar-refractivity contribution < 1.29 is 26.7 Å². The van der Waals surface area contributed by atoms with Gasteiger partial charge in [0.1, 0.15) is 0 Å². The maximum atomic E-state index is 13.1. The Morgan fingerprint density at radius 1 is 1.06 bits per heavy atom. The predicted molar refractivity (Wildman–Crippen MR) is 117 cm³/mol. The minimum atomic E-state index is -5.52. The molecule has 1 saturated heterocycles. The van der Waals surface area contributed by atoms with E-state index >= 15 is 0 Å². The molecule has 0 atom stereocenters. The van der Waals surface area contributed by atoms with Gasteiger partial charge in [-0.3, -0.25) is 14.5 Å². The van der Waals surface area contributed by atoms with E-state index in [1.807, 2.05) is 6.07 Å². The van der Waals surface area contributed by atoms with Crippen molar-refractivity contribution in [2.75, 3.05) is 38.5 Å². The Balaban J connectivity index is 1.38. The number of aromatic nitrogens is 1. The monoisotopic (exact) mass is 489 g/mol. The summed E-state index contributed by atoms with van der Waals surface area (Å²) in [4.78, 5) is 31.7. The molecule has 1 aromatic heterocycles.